The second-order valence-electron chi connectivity index (χ2n) is 2.97. The van der Waals surface area contributed by atoms with Gasteiger partial charge in [-0.1, -0.05) is 17.3 Å². The molecule has 0 saturated heterocycles. The summed E-state index contributed by atoms with van der Waals surface area (Å²) in [7, 11) is 1.31. The van der Waals surface area contributed by atoms with E-state index in [2.05, 4.69) is 9.89 Å². The van der Waals surface area contributed by atoms with E-state index >= 15 is 0 Å². The third-order valence-corrected chi connectivity index (χ3v) is 2.08. The van der Waals surface area contributed by atoms with Gasteiger partial charge in [0, 0.05) is 0 Å². The Morgan fingerprint density at radius 3 is 3.00 bits per heavy atom. The van der Waals surface area contributed by atoms with Crippen molar-refractivity contribution >= 4 is 16.9 Å². The number of fused-ring (bicyclic) bond motifs is 1. The maximum atomic E-state index is 11.2. The van der Waals surface area contributed by atoms with Crippen LogP contribution in [0.15, 0.2) is 22.7 Å². The quantitative estimate of drug-likeness (QED) is 0.646. The van der Waals surface area contributed by atoms with E-state index in [0.29, 0.717) is 10.9 Å². The zero-order valence-electron chi connectivity index (χ0n) is 7.90. The van der Waals surface area contributed by atoms with Crippen LogP contribution < -0.4 is 0 Å². The van der Waals surface area contributed by atoms with Gasteiger partial charge in [-0.25, -0.2) is 4.79 Å². The van der Waals surface area contributed by atoms with Crippen molar-refractivity contribution in [2.24, 2.45) is 0 Å². The van der Waals surface area contributed by atoms with E-state index in [4.69, 9.17) is 4.52 Å². The predicted octanol–water partition coefficient (Wildman–Crippen LogP) is 1.92. The average molecular weight is 191 g/mol. The molecular formula is C10H9NO3. The van der Waals surface area contributed by atoms with Crippen LogP contribution in [-0.4, -0.2) is 18.2 Å². The van der Waals surface area contributed by atoms with E-state index < -0.39 is 5.97 Å². The van der Waals surface area contributed by atoms with Crippen LogP contribution in [0.4, 0.5) is 0 Å². The number of rotatable bonds is 1. The Hall–Kier alpha value is -1.84. The predicted molar refractivity (Wildman–Crippen MR) is 50.1 cm³/mol. The van der Waals surface area contributed by atoms with Crippen molar-refractivity contribution in [3.05, 3.63) is 29.5 Å². The largest absolute Gasteiger partial charge is 0.463 e. The minimum Gasteiger partial charge on any atom is -0.463 e. The van der Waals surface area contributed by atoms with Gasteiger partial charge in [-0.2, -0.15) is 0 Å². The summed E-state index contributed by atoms with van der Waals surface area (Å²) in [6, 6.07) is 5.54. The standard InChI is InChI=1S/C10H9NO3/c1-6-4-3-5-7-8(6)11-14-9(7)10(12)13-2/h3-5H,1-2H3. The van der Waals surface area contributed by atoms with Gasteiger partial charge in [-0.3, -0.25) is 0 Å². The van der Waals surface area contributed by atoms with E-state index in [-0.39, 0.29) is 5.76 Å². The van der Waals surface area contributed by atoms with Crippen LogP contribution in [-0.2, 0) is 4.74 Å². The SMILES string of the molecule is COC(=O)c1onc2c(C)cccc12. The molecule has 0 aliphatic heterocycles. The van der Waals surface area contributed by atoms with Crippen LogP contribution in [0.5, 0.6) is 0 Å². The molecule has 0 saturated carbocycles. The Morgan fingerprint density at radius 2 is 2.29 bits per heavy atom. The van der Waals surface area contributed by atoms with Gasteiger partial charge in [0.1, 0.15) is 5.52 Å². The molecule has 0 unspecified atom stereocenters. The van der Waals surface area contributed by atoms with E-state index in [1.54, 1.807) is 6.07 Å². The third-order valence-electron chi connectivity index (χ3n) is 2.08. The number of benzene rings is 1. The molecule has 1 aromatic carbocycles. The van der Waals surface area contributed by atoms with Gasteiger partial charge >= 0.3 is 5.97 Å². The van der Waals surface area contributed by atoms with Gasteiger partial charge in [0.2, 0.25) is 0 Å². The van der Waals surface area contributed by atoms with Gasteiger partial charge in [0.05, 0.1) is 12.5 Å². The van der Waals surface area contributed by atoms with E-state index in [9.17, 15) is 4.79 Å². The second-order valence-corrected chi connectivity index (χ2v) is 2.97. The molecule has 0 radical (unpaired) electrons. The topological polar surface area (TPSA) is 52.3 Å². The molecule has 1 aromatic heterocycles. The lowest BCUT2D eigenvalue weighted by Crippen LogP contribution is -1.99. The number of methoxy groups -OCH3 is 1. The summed E-state index contributed by atoms with van der Waals surface area (Å²) in [4.78, 5) is 11.2. The van der Waals surface area contributed by atoms with Crippen molar-refractivity contribution in [1.82, 2.24) is 5.16 Å². The highest BCUT2D eigenvalue weighted by Gasteiger charge is 2.17. The lowest BCUT2D eigenvalue weighted by molar-refractivity contribution is 0.0558. The smallest absolute Gasteiger partial charge is 0.377 e. The van der Waals surface area contributed by atoms with Gasteiger partial charge in [-0.15, -0.1) is 0 Å². The number of carbonyl (C=O) groups excluding carboxylic acids is 1. The molecule has 0 spiro atoms. The van der Waals surface area contributed by atoms with E-state index in [1.807, 2.05) is 19.1 Å². The van der Waals surface area contributed by atoms with Gasteiger partial charge in [0.15, 0.2) is 0 Å². The normalized spacial score (nSPS) is 10.4. The van der Waals surface area contributed by atoms with Gasteiger partial charge in [0.25, 0.3) is 5.76 Å². The van der Waals surface area contributed by atoms with Gasteiger partial charge < -0.3 is 9.26 Å². The first-order valence-electron chi connectivity index (χ1n) is 4.17. The third kappa shape index (κ3) is 1.16. The highest BCUT2D eigenvalue weighted by Crippen LogP contribution is 2.21. The number of aromatic nitrogens is 1. The molecule has 0 aliphatic carbocycles. The van der Waals surface area contributed by atoms with Crippen LogP contribution in [0.3, 0.4) is 0 Å². The van der Waals surface area contributed by atoms with E-state index in [0.717, 1.165) is 5.56 Å². The molecule has 0 fully saturated rings. The first kappa shape index (κ1) is 8.74. The molecule has 72 valence electrons. The zero-order valence-corrected chi connectivity index (χ0v) is 7.90. The summed E-state index contributed by atoms with van der Waals surface area (Å²) in [6.45, 7) is 1.91. The number of hydrogen-bond acceptors (Lipinski definition) is 4. The number of aryl methyl sites for hydroxylation is 1. The molecule has 2 rings (SSSR count). The summed E-state index contributed by atoms with van der Waals surface area (Å²) >= 11 is 0. The Labute approximate surface area is 80.4 Å². The fourth-order valence-corrected chi connectivity index (χ4v) is 1.34. The van der Waals surface area contributed by atoms with Crippen LogP contribution in [0, 0.1) is 6.92 Å². The first-order valence-corrected chi connectivity index (χ1v) is 4.17. The molecule has 0 aliphatic rings. The summed E-state index contributed by atoms with van der Waals surface area (Å²) < 4.78 is 9.49. The molecule has 2 aromatic rings. The molecule has 1 heterocycles. The van der Waals surface area contributed by atoms with Crippen molar-refractivity contribution in [3.63, 3.8) is 0 Å². The first-order chi connectivity index (χ1) is 6.74. The van der Waals surface area contributed by atoms with Crippen LogP contribution >= 0.6 is 0 Å². The second kappa shape index (κ2) is 3.14. The molecule has 0 atom stereocenters. The molecule has 0 bridgehead atoms. The lowest BCUT2D eigenvalue weighted by atomic mass is 10.1. The highest BCUT2D eigenvalue weighted by atomic mass is 16.5. The van der Waals surface area contributed by atoms with E-state index in [1.165, 1.54) is 7.11 Å². The van der Waals surface area contributed by atoms with Gasteiger partial charge in [-0.05, 0) is 18.6 Å². The average Bonchev–Trinajstić information content (AvgIpc) is 2.62. The summed E-state index contributed by atoms with van der Waals surface area (Å²) in [5.41, 5.74) is 1.68. The minimum atomic E-state index is -0.502. The Kier molecular flexibility index (Phi) is 1.96. The lowest BCUT2D eigenvalue weighted by Gasteiger charge is -1.93. The summed E-state index contributed by atoms with van der Waals surface area (Å²) in [5.74, 6) is -0.343. The Balaban J connectivity index is 2.70. The number of ether oxygens (including phenoxy) is 1. The van der Waals surface area contributed by atoms with Crippen molar-refractivity contribution in [2.75, 3.05) is 7.11 Å². The molecule has 14 heavy (non-hydrogen) atoms. The monoisotopic (exact) mass is 191 g/mol. The molecular weight excluding hydrogens is 182 g/mol. The summed E-state index contributed by atoms with van der Waals surface area (Å²) in [5, 5.41) is 4.50. The molecule has 0 N–H and O–H groups in total. The molecule has 4 heteroatoms. The molecule has 4 nitrogen and oxygen atoms in total. The fourth-order valence-electron chi connectivity index (χ4n) is 1.34. The van der Waals surface area contributed by atoms with Crippen LogP contribution in [0.25, 0.3) is 10.9 Å². The number of esters is 1. The molecule has 0 amide bonds. The maximum Gasteiger partial charge on any atom is 0.377 e. The van der Waals surface area contributed by atoms with Crippen molar-refractivity contribution in [3.8, 4) is 0 Å². The maximum absolute atomic E-state index is 11.2. The highest BCUT2D eigenvalue weighted by molar-refractivity contribution is 6.01. The van der Waals surface area contributed by atoms with Crippen LogP contribution in [0.2, 0.25) is 0 Å². The Bertz CT molecular complexity index is 487. The Morgan fingerprint density at radius 1 is 1.50 bits per heavy atom. The summed E-state index contributed by atoms with van der Waals surface area (Å²) in [6.07, 6.45) is 0. The minimum absolute atomic E-state index is 0.159. The fraction of sp³-hybridized carbons (Fsp3) is 0.200. The number of nitrogens with zero attached hydrogens (tertiary/aromatic N) is 1. The van der Waals surface area contributed by atoms with Crippen molar-refractivity contribution in [2.45, 2.75) is 6.92 Å². The number of carbonyl (C=O) groups is 1. The van der Waals surface area contributed by atoms with Crippen molar-refractivity contribution in [1.29, 1.82) is 0 Å². The number of hydrogen-bond donors (Lipinski definition) is 0. The van der Waals surface area contributed by atoms with Crippen molar-refractivity contribution < 1.29 is 14.1 Å². The zero-order chi connectivity index (χ0) is 10.1. The van der Waals surface area contributed by atoms with Crippen LogP contribution in [0.1, 0.15) is 16.1 Å².